The molecule has 0 saturated carbocycles. The van der Waals surface area contributed by atoms with Crippen molar-refractivity contribution in [2.24, 2.45) is 0 Å². The number of hydrogen-bond acceptors (Lipinski definition) is 3. The maximum atomic E-state index is 5.23. The summed E-state index contributed by atoms with van der Waals surface area (Å²) in [6, 6.07) is 28.5. The Hall–Kier alpha value is -3.23. The van der Waals surface area contributed by atoms with Gasteiger partial charge in [0.15, 0.2) is 6.98 Å². The zero-order valence-corrected chi connectivity index (χ0v) is 22.0. The molecule has 4 aromatic carbocycles. The number of aryl methyl sites for hydroxylation is 2. The average molecular weight is 542 g/mol. The number of fused-ring (bicyclic) bond motifs is 7. The van der Waals surface area contributed by atoms with E-state index >= 15 is 0 Å². The molecule has 0 amide bonds. The normalized spacial score (nSPS) is 16.6. The SMILES string of the molecule is Cc1ccccc1N1c2cccc3c2N(c2c(ccc(C)c2C)B2[N-]c4ccccc4N23)[C@@H]1C.[Ru+]. The minimum absolute atomic E-state index is 0. The summed E-state index contributed by atoms with van der Waals surface area (Å²) in [5, 5.41) is 5.23. The molecule has 7 rings (SSSR count). The number of anilines is 6. The van der Waals surface area contributed by atoms with E-state index in [0.717, 1.165) is 5.69 Å². The molecule has 0 spiro atoms. The first kappa shape index (κ1) is 22.2. The minimum Gasteiger partial charge on any atom is -0.683 e. The molecule has 3 aliphatic rings. The van der Waals surface area contributed by atoms with Crippen LogP contribution in [0.3, 0.4) is 0 Å². The monoisotopic (exact) mass is 543 g/mol. The number of rotatable bonds is 1. The van der Waals surface area contributed by atoms with Crippen molar-refractivity contribution in [3.63, 3.8) is 0 Å². The van der Waals surface area contributed by atoms with Crippen molar-refractivity contribution in [3.05, 3.63) is 101 Å². The molecule has 0 N–H and O–H groups in total. The quantitative estimate of drug-likeness (QED) is 0.240. The Morgan fingerprint density at radius 3 is 2.14 bits per heavy atom. The largest absolute Gasteiger partial charge is 1.00 e. The summed E-state index contributed by atoms with van der Waals surface area (Å²) in [5.41, 5.74) is 13.7. The van der Waals surface area contributed by atoms with Gasteiger partial charge in [0.25, 0.3) is 0 Å². The fourth-order valence-corrected chi connectivity index (χ4v) is 6.04. The van der Waals surface area contributed by atoms with Gasteiger partial charge in [-0.2, -0.15) is 0 Å². The molecule has 0 saturated heterocycles. The summed E-state index contributed by atoms with van der Waals surface area (Å²) < 4.78 is 0. The molecule has 173 valence electrons. The van der Waals surface area contributed by atoms with E-state index in [9.17, 15) is 0 Å². The van der Waals surface area contributed by atoms with Crippen molar-refractivity contribution in [2.45, 2.75) is 33.9 Å². The molecule has 4 aromatic rings. The van der Waals surface area contributed by atoms with E-state index in [1.807, 2.05) is 0 Å². The summed E-state index contributed by atoms with van der Waals surface area (Å²) >= 11 is 0. The Labute approximate surface area is 220 Å². The summed E-state index contributed by atoms with van der Waals surface area (Å²) in [6.07, 6.45) is 0.131. The third-order valence-corrected chi connectivity index (χ3v) is 7.78. The van der Waals surface area contributed by atoms with Gasteiger partial charge in [0, 0.05) is 17.1 Å². The van der Waals surface area contributed by atoms with Crippen LogP contribution in [0.15, 0.2) is 78.9 Å². The molecular formula is C29H26BN4Ru. The third kappa shape index (κ3) is 2.90. The predicted octanol–water partition coefficient (Wildman–Crippen LogP) is 7.11. The predicted molar refractivity (Wildman–Crippen MR) is 144 cm³/mol. The van der Waals surface area contributed by atoms with Gasteiger partial charge in [-0.15, -0.1) is 5.69 Å². The van der Waals surface area contributed by atoms with Crippen molar-refractivity contribution in [1.82, 2.24) is 0 Å². The van der Waals surface area contributed by atoms with E-state index in [1.165, 1.54) is 56.3 Å². The summed E-state index contributed by atoms with van der Waals surface area (Å²) in [5.74, 6) is 0. The second-order valence-electron chi connectivity index (χ2n) is 9.61. The molecule has 0 aliphatic carbocycles. The van der Waals surface area contributed by atoms with Crippen LogP contribution in [0.4, 0.5) is 39.8 Å². The molecule has 35 heavy (non-hydrogen) atoms. The molecule has 1 radical (unpaired) electrons. The van der Waals surface area contributed by atoms with Crippen LogP contribution in [0.25, 0.3) is 5.23 Å². The van der Waals surface area contributed by atoms with E-state index in [0.29, 0.717) is 0 Å². The number of benzene rings is 4. The fourth-order valence-electron chi connectivity index (χ4n) is 6.04. The molecule has 3 heterocycles. The van der Waals surface area contributed by atoms with E-state index in [4.69, 9.17) is 5.23 Å². The van der Waals surface area contributed by atoms with Crippen LogP contribution in [0.1, 0.15) is 23.6 Å². The molecule has 0 bridgehead atoms. The van der Waals surface area contributed by atoms with Crippen molar-refractivity contribution >= 4 is 52.3 Å². The van der Waals surface area contributed by atoms with Crippen LogP contribution in [-0.2, 0) is 19.5 Å². The van der Waals surface area contributed by atoms with Gasteiger partial charge in [0.1, 0.15) is 6.17 Å². The zero-order valence-electron chi connectivity index (χ0n) is 20.3. The summed E-state index contributed by atoms with van der Waals surface area (Å²) in [4.78, 5) is 7.50. The fraction of sp³-hybridized carbons (Fsp3) is 0.172. The first-order valence-electron chi connectivity index (χ1n) is 12.0. The van der Waals surface area contributed by atoms with Gasteiger partial charge >= 0.3 is 19.5 Å². The van der Waals surface area contributed by atoms with Crippen molar-refractivity contribution in [1.29, 1.82) is 0 Å². The van der Waals surface area contributed by atoms with Gasteiger partial charge in [-0.1, -0.05) is 60.1 Å². The Bertz CT molecular complexity index is 1490. The summed E-state index contributed by atoms with van der Waals surface area (Å²) in [6.45, 7) is 8.93. The van der Waals surface area contributed by atoms with Crippen LogP contribution in [0, 0.1) is 20.8 Å². The van der Waals surface area contributed by atoms with E-state index in [-0.39, 0.29) is 32.6 Å². The van der Waals surface area contributed by atoms with Gasteiger partial charge in [-0.25, -0.2) is 0 Å². The molecular weight excluding hydrogens is 516 g/mol. The van der Waals surface area contributed by atoms with Gasteiger partial charge in [0.2, 0.25) is 0 Å². The van der Waals surface area contributed by atoms with Gasteiger partial charge < -0.3 is 19.8 Å². The topological polar surface area (TPSA) is 23.8 Å². The van der Waals surface area contributed by atoms with Crippen LogP contribution >= 0.6 is 0 Å². The first-order chi connectivity index (χ1) is 16.6. The standard InChI is InChI=1S/C29H26BN4.Ru/c1-18-16-17-22-28(20(18)3)33-21(4)32(24-12-7-5-10-19(24)2)26-14-9-15-27(29(26)33)34-25-13-8-6-11-23(25)31-30(22)34;/h5-17,21H,1-4H3;/q-1;+1/t21-;/m1./s1. The Kier molecular flexibility index (Phi) is 5.02. The van der Waals surface area contributed by atoms with Crippen LogP contribution in [0.2, 0.25) is 0 Å². The van der Waals surface area contributed by atoms with Gasteiger partial charge in [-0.05, 0) is 68.7 Å². The van der Waals surface area contributed by atoms with E-state index < -0.39 is 0 Å². The van der Waals surface area contributed by atoms with Crippen LogP contribution < -0.4 is 20.1 Å². The number of para-hydroxylation sites is 3. The molecule has 4 nitrogen and oxygen atoms in total. The summed E-state index contributed by atoms with van der Waals surface area (Å²) in [7, 11) is 0. The van der Waals surface area contributed by atoms with Gasteiger partial charge in [0.05, 0.1) is 17.1 Å². The zero-order chi connectivity index (χ0) is 23.1. The molecule has 0 aromatic heterocycles. The Balaban J connectivity index is 0.00000229. The molecule has 3 aliphatic heterocycles. The maximum absolute atomic E-state index is 5.23. The molecule has 6 heteroatoms. The molecule has 0 fully saturated rings. The third-order valence-electron chi connectivity index (χ3n) is 7.78. The van der Waals surface area contributed by atoms with Crippen LogP contribution in [0.5, 0.6) is 0 Å². The number of hydrogen-bond donors (Lipinski definition) is 0. The average Bonchev–Trinajstić information content (AvgIpc) is 3.32. The molecule has 0 unspecified atom stereocenters. The Morgan fingerprint density at radius 2 is 1.34 bits per heavy atom. The van der Waals surface area contributed by atoms with Crippen LogP contribution in [-0.4, -0.2) is 13.1 Å². The smallest absolute Gasteiger partial charge is 0.683 e. The van der Waals surface area contributed by atoms with Crippen molar-refractivity contribution < 1.29 is 19.5 Å². The van der Waals surface area contributed by atoms with Crippen molar-refractivity contribution in [3.8, 4) is 0 Å². The molecule has 1 atom stereocenters. The van der Waals surface area contributed by atoms with E-state index in [1.54, 1.807) is 0 Å². The Morgan fingerprint density at radius 1 is 0.657 bits per heavy atom. The second kappa shape index (κ2) is 7.89. The second-order valence-corrected chi connectivity index (χ2v) is 9.61. The van der Waals surface area contributed by atoms with Gasteiger partial charge in [-0.3, -0.25) is 0 Å². The minimum atomic E-state index is -0.0667. The first-order valence-corrected chi connectivity index (χ1v) is 12.0. The van der Waals surface area contributed by atoms with Crippen molar-refractivity contribution in [2.75, 3.05) is 14.6 Å². The maximum Gasteiger partial charge on any atom is 1.00 e. The van der Waals surface area contributed by atoms with E-state index in [2.05, 4.69) is 121 Å². The number of nitrogens with zero attached hydrogens (tertiary/aromatic N) is 4.